The first-order valence-electron chi connectivity index (χ1n) is 2.40. The molecule has 0 radical (unpaired) electrons. The summed E-state index contributed by atoms with van der Waals surface area (Å²) < 4.78 is 0. The van der Waals surface area contributed by atoms with E-state index in [2.05, 4.69) is 9.98 Å². The van der Waals surface area contributed by atoms with Gasteiger partial charge in [-0.15, -0.1) is 0 Å². The Morgan fingerprint density at radius 1 is 1.70 bits per heavy atom. The molecule has 52 valence electrons. The van der Waals surface area contributed by atoms with Crippen molar-refractivity contribution in [1.82, 2.24) is 0 Å². The largest absolute Gasteiger partial charge is 0.233 e. The molecule has 0 aliphatic carbocycles. The van der Waals surface area contributed by atoms with Crippen LogP contribution in [-0.2, 0) is 4.79 Å². The summed E-state index contributed by atoms with van der Waals surface area (Å²) in [5.41, 5.74) is -0.534. The van der Waals surface area contributed by atoms with Gasteiger partial charge < -0.3 is 0 Å². The molecule has 0 saturated carbocycles. The maximum Gasteiger partial charge on any atom is 0.219 e. The van der Waals surface area contributed by atoms with Gasteiger partial charge in [0, 0.05) is 6.21 Å². The Labute approximate surface area is 67.1 Å². The SMILES string of the molecule is O=C=C1C=NC(Cl)=NC1Cl. The quantitative estimate of drug-likeness (QED) is 0.309. The van der Waals surface area contributed by atoms with E-state index in [1.54, 1.807) is 5.94 Å². The van der Waals surface area contributed by atoms with E-state index in [0.29, 0.717) is 0 Å². The summed E-state index contributed by atoms with van der Waals surface area (Å²) in [6.07, 6.45) is 1.25. The third kappa shape index (κ3) is 1.45. The molecule has 0 aromatic carbocycles. The van der Waals surface area contributed by atoms with Crippen LogP contribution in [0, 0.1) is 0 Å². The summed E-state index contributed by atoms with van der Waals surface area (Å²) in [7, 11) is 0. The van der Waals surface area contributed by atoms with Gasteiger partial charge in [0.25, 0.3) is 0 Å². The van der Waals surface area contributed by atoms with Crippen LogP contribution in [0.2, 0.25) is 0 Å². The van der Waals surface area contributed by atoms with E-state index in [9.17, 15) is 4.79 Å². The van der Waals surface area contributed by atoms with E-state index < -0.39 is 5.50 Å². The second kappa shape index (κ2) is 2.97. The van der Waals surface area contributed by atoms with Gasteiger partial charge in [-0.1, -0.05) is 11.6 Å². The normalized spacial score (nSPS) is 24.0. The van der Waals surface area contributed by atoms with Crippen LogP contribution in [-0.4, -0.2) is 23.0 Å². The molecule has 1 unspecified atom stereocenters. The third-order valence-electron chi connectivity index (χ3n) is 0.905. The molecule has 1 rings (SSSR count). The number of rotatable bonds is 0. The lowest BCUT2D eigenvalue weighted by Gasteiger charge is -2.04. The Balaban J connectivity index is 2.95. The first-order valence-corrected chi connectivity index (χ1v) is 3.22. The van der Waals surface area contributed by atoms with Crippen LogP contribution in [0.3, 0.4) is 0 Å². The average molecular weight is 177 g/mol. The molecule has 0 fully saturated rings. The van der Waals surface area contributed by atoms with E-state index in [0.717, 1.165) is 0 Å². The minimum absolute atomic E-state index is 0.0546. The van der Waals surface area contributed by atoms with Crippen LogP contribution in [0.25, 0.3) is 0 Å². The summed E-state index contributed by atoms with van der Waals surface area (Å²) in [6.45, 7) is 0. The number of amidine groups is 1. The van der Waals surface area contributed by atoms with Gasteiger partial charge in [-0.3, -0.25) is 0 Å². The van der Waals surface area contributed by atoms with E-state index in [4.69, 9.17) is 23.2 Å². The summed E-state index contributed by atoms with van der Waals surface area (Å²) in [5, 5.41) is 0.0546. The molecular formula is C5H2Cl2N2O. The van der Waals surface area contributed by atoms with Crippen molar-refractivity contribution in [3.8, 4) is 0 Å². The molecule has 10 heavy (non-hydrogen) atoms. The molecule has 1 aliphatic heterocycles. The van der Waals surface area contributed by atoms with Gasteiger partial charge in [0.05, 0.1) is 5.57 Å². The summed E-state index contributed by atoms with van der Waals surface area (Å²) in [4.78, 5) is 17.2. The van der Waals surface area contributed by atoms with Crippen molar-refractivity contribution in [3.63, 3.8) is 0 Å². The number of hydrogen-bond donors (Lipinski definition) is 0. The first kappa shape index (κ1) is 7.48. The van der Waals surface area contributed by atoms with Gasteiger partial charge in [0.1, 0.15) is 5.94 Å². The van der Waals surface area contributed by atoms with Crippen molar-refractivity contribution in [3.05, 3.63) is 5.57 Å². The average Bonchev–Trinajstić information content (AvgIpc) is 1.88. The van der Waals surface area contributed by atoms with E-state index in [1.807, 2.05) is 0 Å². The molecule has 0 N–H and O–H groups in total. The number of nitrogens with zero attached hydrogens (tertiary/aromatic N) is 2. The molecule has 1 heterocycles. The second-order valence-electron chi connectivity index (χ2n) is 1.55. The zero-order chi connectivity index (χ0) is 7.56. The number of aliphatic imine (C=N–C) groups is 2. The fourth-order valence-electron chi connectivity index (χ4n) is 0.456. The molecular weight excluding hydrogens is 175 g/mol. The maximum atomic E-state index is 10.0. The lowest BCUT2D eigenvalue weighted by Crippen LogP contribution is -2.09. The van der Waals surface area contributed by atoms with Crippen LogP contribution in [0.5, 0.6) is 0 Å². The smallest absolute Gasteiger partial charge is 0.219 e. The van der Waals surface area contributed by atoms with Crippen molar-refractivity contribution in [2.24, 2.45) is 9.98 Å². The number of carbonyl (C=O) groups excluding carboxylic acids is 1. The van der Waals surface area contributed by atoms with Gasteiger partial charge in [-0.25, -0.2) is 14.8 Å². The Kier molecular flexibility index (Phi) is 2.22. The monoisotopic (exact) mass is 176 g/mol. The summed E-state index contributed by atoms with van der Waals surface area (Å²) in [6, 6.07) is 0. The van der Waals surface area contributed by atoms with E-state index in [1.165, 1.54) is 6.21 Å². The lowest BCUT2D eigenvalue weighted by molar-refractivity contribution is 0.567. The highest BCUT2D eigenvalue weighted by Gasteiger charge is 2.13. The van der Waals surface area contributed by atoms with Gasteiger partial charge in [-0.2, -0.15) is 0 Å². The van der Waals surface area contributed by atoms with Crippen molar-refractivity contribution in [2.45, 2.75) is 5.50 Å². The van der Waals surface area contributed by atoms with Crippen LogP contribution in [0.1, 0.15) is 0 Å². The highest BCUT2D eigenvalue weighted by Crippen LogP contribution is 2.12. The predicted molar refractivity (Wildman–Crippen MR) is 40.6 cm³/mol. The number of halogens is 2. The van der Waals surface area contributed by atoms with Crippen LogP contribution in [0.4, 0.5) is 0 Å². The fraction of sp³-hybridized carbons (Fsp3) is 0.200. The first-order chi connectivity index (χ1) is 4.74. The van der Waals surface area contributed by atoms with Crippen molar-refractivity contribution in [1.29, 1.82) is 0 Å². The molecule has 0 aromatic heterocycles. The Morgan fingerprint density at radius 3 is 2.90 bits per heavy atom. The van der Waals surface area contributed by atoms with E-state index >= 15 is 0 Å². The minimum atomic E-state index is -0.734. The van der Waals surface area contributed by atoms with Crippen LogP contribution < -0.4 is 0 Å². The van der Waals surface area contributed by atoms with E-state index in [-0.39, 0.29) is 10.9 Å². The summed E-state index contributed by atoms with van der Waals surface area (Å²) >= 11 is 10.9. The maximum absolute atomic E-state index is 10.0. The molecule has 0 spiro atoms. The van der Waals surface area contributed by atoms with Crippen molar-refractivity contribution >= 4 is 40.7 Å². The van der Waals surface area contributed by atoms with Crippen molar-refractivity contribution in [2.75, 3.05) is 0 Å². The molecule has 3 nitrogen and oxygen atoms in total. The molecule has 0 amide bonds. The minimum Gasteiger partial charge on any atom is -0.233 e. The number of alkyl halides is 1. The van der Waals surface area contributed by atoms with Crippen LogP contribution in [0.15, 0.2) is 15.6 Å². The molecule has 0 bridgehead atoms. The van der Waals surface area contributed by atoms with Gasteiger partial charge in [0.15, 0.2) is 5.50 Å². The molecule has 0 aromatic rings. The fourth-order valence-corrected chi connectivity index (χ4v) is 0.845. The van der Waals surface area contributed by atoms with Gasteiger partial charge in [-0.05, 0) is 11.6 Å². The molecule has 5 heteroatoms. The standard InChI is InChI=1S/C5H2Cl2N2O/c6-4-3(2-10)1-8-5(7)9-4/h1,4H. The zero-order valence-corrected chi connectivity index (χ0v) is 6.23. The predicted octanol–water partition coefficient (Wildman–Crippen LogP) is 0.988. The Bertz CT molecular complexity index is 252. The number of hydrogen-bond acceptors (Lipinski definition) is 3. The van der Waals surface area contributed by atoms with Gasteiger partial charge in [0.2, 0.25) is 5.29 Å². The second-order valence-corrected chi connectivity index (χ2v) is 2.30. The highest BCUT2D eigenvalue weighted by atomic mass is 35.5. The Morgan fingerprint density at radius 2 is 2.40 bits per heavy atom. The topological polar surface area (TPSA) is 41.8 Å². The lowest BCUT2D eigenvalue weighted by atomic mass is 10.3. The molecule has 0 saturated heterocycles. The summed E-state index contributed by atoms with van der Waals surface area (Å²) in [5.74, 6) is 1.59. The van der Waals surface area contributed by atoms with Crippen LogP contribution >= 0.6 is 23.2 Å². The molecule has 1 aliphatic rings. The zero-order valence-electron chi connectivity index (χ0n) is 4.71. The van der Waals surface area contributed by atoms with Gasteiger partial charge >= 0.3 is 0 Å². The Hall–Kier alpha value is -0.630. The molecule has 1 atom stereocenters. The van der Waals surface area contributed by atoms with Crippen molar-refractivity contribution < 1.29 is 4.79 Å². The third-order valence-corrected chi connectivity index (χ3v) is 1.43. The highest BCUT2D eigenvalue weighted by molar-refractivity contribution is 6.66.